The van der Waals surface area contributed by atoms with Gasteiger partial charge in [0.2, 0.25) is 5.91 Å². The molecule has 0 saturated heterocycles. The number of rotatable bonds is 7. The number of nitrogens with one attached hydrogen (secondary N) is 1. The molecule has 0 aliphatic heterocycles. The van der Waals surface area contributed by atoms with Gasteiger partial charge in [0.1, 0.15) is 5.82 Å². The molecule has 3 N–H and O–H groups in total. The average molecular weight is 359 g/mol. The van der Waals surface area contributed by atoms with Crippen molar-refractivity contribution in [2.24, 2.45) is 5.73 Å². The van der Waals surface area contributed by atoms with Crippen molar-refractivity contribution in [3.8, 4) is 0 Å². The summed E-state index contributed by atoms with van der Waals surface area (Å²) in [6, 6.07) is 10.2. The van der Waals surface area contributed by atoms with Gasteiger partial charge in [-0.25, -0.2) is 4.98 Å². The Hall–Kier alpha value is -1.56. The largest absolute Gasteiger partial charge is 0.349 e. The highest BCUT2D eigenvalue weighted by Gasteiger charge is 2.07. The zero-order chi connectivity index (χ0) is 15.1. The van der Waals surface area contributed by atoms with Gasteiger partial charge in [-0.05, 0) is 18.9 Å². The van der Waals surface area contributed by atoms with E-state index < -0.39 is 0 Å². The fraction of sp³-hybridized carbons (Fsp3) is 0.375. The van der Waals surface area contributed by atoms with E-state index in [1.54, 1.807) is 6.20 Å². The number of aryl methyl sites for hydroxylation is 2. The number of amides is 1. The van der Waals surface area contributed by atoms with Crippen LogP contribution in [0, 0.1) is 0 Å². The fourth-order valence-electron chi connectivity index (χ4n) is 2.15. The normalized spacial score (nSPS) is 11.0. The summed E-state index contributed by atoms with van der Waals surface area (Å²) in [4.78, 5) is 15.9. The number of imidazole rings is 1. The van der Waals surface area contributed by atoms with Crippen LogP contribution < -0.4 is 11.1 Å². The van der Waals surface area contributed by atoms with Gasteiger partial charge in [-0.15, -0.1) is 24.8 Å². The van der Waals surface area contributed by atoms with Crippen LogP contribution in [0.5, 0.6) is 0 Å². The molecule has 0 radical (unpaired) electrons. The number of aromatic nitrogens is 2. The van der Waals surface area contributed by atoms with Crippen molar-refractivity contribution in [2.75, 3.05) is 0 Å². The summed E-state index contributed by atoms with van der Waals surface area (Å²) in [5, 5.41) is 2.85. The third kappa shape index (κ3) is 7.50. The molecule has 7 heteroatoms. The summed E-state index contributed by atoms with van der Waals surface area (Å²) < 4.78 is 2.07. The maximum Gasteiger partial charge on any atom is 0.221 e. The van der Waals surface area contributed by atoms with Gasteiger partial charge < -0.3 is 15.6 Å². The lowest BCUT2D eigenvalue weighted by atomic mass is 10.1. The number of nitrogens with zero attached hydrogens (tertiary/aromatic N) is 2. The van der Waals surface area contributed by atoms with Crippen molar-refractivity contribution in [3.05, 3.63) is 54.1 Å². The molecule has 0 fully saturated rings. The minimum Gasteiger partial charge on any atom is -0.349 e. The number of halogens is 2. The summed E-state index contributed by atoms with van der Waals surface area (Å²) in [5.74, 6) is 0.826. The van der Waals surface area contributed by atoms with Crippen LogP contribution in [-0.4, -0.2) is 21.5 Å². The molecule has 1 heterocycles. The number of hydrogen-bond acceptors (Lipinski definition) is 3. The molecule has 2 rings (SSSR count). The second kappa shape index (κ2) is 11.0. The Balaban J connectivity index is 0.00000242. The van der Waals surface area contributed by atoms with Gasteiger partial charge in [-0.3, -0.25) is 4.79 Å². The van der Waals surface area contributed by atoms with Crippen LogP contribution >= 0.6 is 24.8 Å². The van der Waals surface area contributed by atoms with Crippen LogP contribution in [-0.2, 0) is 24.3 Å². The van der Waals surface area contributed by atoms with Crippen LogP contribution in [0.25, 0.3) is 0 Å². The van der Waals surface area contributed by atoms with Gasteiger partial charge in [-0.1, -0.05) is 30.3 Å². The Morgan fingerprint density at radius 2 is 2.00 bits per heavy atom. The van der Waals surface area contributed by atoms with Gasteiger partial charge in [0.05, 0.1) is 6.54 Å². The van der Waals surface area contributed by atoms with E-state index in [9.17, 15) is 4.79 Å². The third-order valence-electron chi connectivity index (χ3n) is 3.24. The molecule has 1 aromatic carbocycles. The monoisotopic (exact) mass is 358 g/mol. The zero-order valence-electron chi connectivity index (χ0n) is 13.1. The fourth-order valence-corrected chi connectivity index (χ4v) is 2.15. The summed E-state index contributed by atoms with van der Waals surface area (Å²) in [7, 11) is 0. The smallest absolute Gasteiger partial charge is 0.221 e. The van der Waals surface area contributed by atoms with Crippen molar-refractivity contribution >= 4 is 30.7 Å². The molecule has 0 spiro atoms. The molecule has 2 aromatic rings. The quantitative estimate of drug-likeness (QED) is 0.797. The van der Waals surface area contributed by atoms with Crippen molar-refractivity contribution in [1.29, 1.82) is 0 Å². The Morgan fingerprint density at radius 1 is 1.30 bits per heavy atom. The number of carbonyl (C=O) groups is 1. The first-order valence-corrected chi connectivity index (χ1v) is 7.21. The molecule has 128 valence electrons. The minimum absolute atomic E-state index is 0. The van der Waals surface area contributed by atoms with Crippen LogP contribution in [0.4, 0.5) is 0 Å². The first kappa shape index (κ1) is 21.4. The Bertz CT molecular complexity index is 572. The Morgan fingerprint density at radius 3 is 2.65 bits per heavy atom. The first-order chi connectivity index (χ1) is 10.1. The van der Waals surface area contributed by atoms with Crippen LogP contribution in [0.3, 0.4) is 0 Å². The summed E-state index contributed by atoms with van der Waals surface area (Å²) in [6.07, 6.45) is 4.98. The van der Waals surface area contributed by atoms with E-state index in [2.05, 4.69) is 27.0 Å². The molecule has 5 nitrogen and oxygen atoms in total. The van der Waals surface area contributed by atoms with E-state index in [-0.39, 0.29) is 36.8 Å². The predicted octanol–water partition coefficient (Wildman–Crippen LogP) is 2.32. The summed E-state index contributed by atoms with van der Waals surface area (Å²) >= 11 is 0. The van der Waals surface area contributed by atoms with E-state index in [1.807, 2.05) is 31.3 Å². The van der Waals surface area contributed by atoms with Gasteiger partial charge >= 0.3 is 0 Å². The molecule has 1 amide bonds. The van der Waals surface area contributed by atoms with Crippen molar-refractivity contribution in [3.63, 3.8) is 0 Å². The Kier molecular flexibility index (Phi) is 10.3. The molecule has 0 saturated carbocycles. The molecule has 1 aromatic heterocycles. The van der Waals surface area contributed by atoms with E-state index in [1.165, 1.54) is 5.56 Å². The Labute approximate surface area is 149 Å². The molecule has 0 aliphatic rings. The lowest BCUT2D eigenvalue weighted by molar-refractivity contribution is -0.121. The summed E-state index contributed by atoms with van der Waals surface area (Å²) in [5.41, 5.74) is 6.89. The molecule has 23 heavy (non-hydrogen) atoms. The highest BCUT2D eigenvalue weighted by molar-refractivity contribution is 5.85. The van der Waals surface area contributed by atoms with Crippen LogP contribution in [0.2, 0.25) is 0 Å². The average Bonchev–Trinajstić information content (AvgIpc) is 2.91. The van der Waals surface area contributed by atoms with Crippen molar-refractivity contribution in [2.45, 2.75) is 38.9 Å². The molecule has 1 unspecified atom stereocenters. The van der Waals surface area contributed by atoms with Gasteiger partial charge in [0.15, 0.2) is 0 Å². The van der Waals surface area contributed by atoms with Gasteiger partial charge in [0, 0.05) is 31.4 Å². The number of hydrogen-bond donors (Lipinski definition) is 2. The lowest BCUT2D eigenvalue weighted by Gasteiger charge is -2.10. The topological polar surface area (TPSA) is 72.9 Å². The highest BCUT2D eigenvalue weighted by Crippen LogP contribution is 2.04. The second-order valence-corrected chi connectivity index (χ2v) is 5.23. The lowest BCUT2D eigenvalue weighted by Crippen LogP contribution is -2.30. The van der Waals surface area contributed by atoms with E-state index in [0.717, 1.165) is 18.8 Å². The number of nitrogens with two attached hydrogens (primary N) is 1. The number of benzene rings is 1. The molecular formula is C16H24Cl2N4O. The van der Waals surface area contributed by atoms with Gasteiger partial charge in [-0.2, -0.15) is 0 Å². The van der Waals surface area contributed by atoms with Crippen LogP contribution in [0.15, 0.2) is 42.7 Å². The maximum atomic E-state index is 11.6. The van der Waals surface area contributed by atoms with Crippen molar-refractivity contribution < 1.29 is 4.79 Å². The standard InChI is InChI=1S/C16H22N4O.2ClH/c1-13(17)11-16(21)19-12-15-18-8-10-20(15)9-7-14-5-3-2-4-6-14;;/h2-6,8,10,13H,7,9,11-12,17H2,1H3,(H,19,21);2*1H. The third-order valence-corrected chi connectivity index (χ3v) is 3.24. The van der Waals surface area contributed by atoms with Gasteiger partial charge in [0.25, 0.3) is 0 Å². The van der Waals surface area contributed by atoms with Crippen LogP contribution in [0.1, 0.15) is 24.7 Å². The first-order valence-electron chi connectivity index (χ1n) is 7.21. The predicted molar refractivity (Wildman–Crippen MR) is 97.0 cm³/mol. The molecule has 1 atom stereocenters. The molecular weight excluding hydrogens is 335 g/mol. The highest BCUT2D eigenvalue weighted by atomic mass is 35.5. The molecule has 0 bridgehead atoms. The summed E-state index contributed by atoms with van der Waals surface area (Å²) in [6.45, 7) is 3.11. The van der Waals surface area contributed by atoms with E-state index >= 15 is 0 Å². The second-order valence-electron chi connectivity index (χ2n) is 5.23. The van der Waals surface area contributed by atoms with E-state index in [4.69, 9.17) is 5.73 Å². The maximum absolute atomic E-state index is 11.6. The SMILES string of the molecule is CC(N)CC(=O)NCc1nccn1CCc1ccccc1.Cl.Cl. The number of carbonyl (C=O) groups excluding carboxylic acids is 1. The minimum atomic E-state index is -0.122. The zero-order valence-corrected chi connectivity index (χ0v) is 14.8. The van der Waals surface area contributed by atoms with Crippen molar-refractivity contribution in [1.82, 2.24) is 14.9 Å². The molecule has 0 aliphatic carbocycles. The van der Waals surface area contributed by atoms with E-state index in [0.29, 0.717) is 13.0 Å².